The minimum atomic E-state index is -0.292. The molecule has 3 heterocycles. The first-order valence-corrected chi connectivity index (χ1v) is 11.4. The van der Waals surface area contributed by atoms with E-state index in [1.54, 1.807) is 12.1 Å². The average Bonchev–Trinajstić information content (AvgIpc) is 3.33. The molecule has 0 radical (unpaired) electrons. The van der Waals surface area contributed by atoms with Gasteiger partial charge in [-0.15, -0.1) is 0 Å². The number of hydrogen-bond acceptors (Lipinski definition) is 4. The number of hydrogen-bond donors (Lipinski definition) is 1. The number of nitrogens with one attached hydrogen (secondary N) is 1. The van der Waals surface area contributed by atoms with Crippen molar-refractivity contribution >= 4 is 11.6 Å². The van der Waals surface area contributed by atoms with Crippen molar-refractivity contribution in [1.82, 2.24) is 19.6 Å². The fourth-order valence-corrected chi connectivity index (χ4v) is 5.24. The van der Waals surface area contributed by atoms with Gasteiger partial charge in [0, 0.05) is 42.6 Å². The highest BCUT2D eigenvalue weighted by Gasteiger charge is 2.39. The summed E-state index contributed by atoms with van der Waals surface area (Å²) in [4.78, 5) is 17.6. The topological polar surface area (TPSA) is 53.4 Å². The highest BCUT2D eigenvalue weighted by Crippen LogP contribution is 2.34. The van der Waals surface area contributed by atoms with Gasteiger partial charge in [0.25, 0.3) is 0 Å². The van der Waals surface area contributed by atoms with Crippen molar-refractivity contribution in [1.29, 1.82) is 0 Å². The maximum absolute atomic E-state index is 13.1. The van der Waals surface area contributed by atoms with E-state index < -0.39 is 0 Å². The Bertz CT molecular complexity index is 888. The zero-order valence-electron chi connectivity index (χ0n) is 18.9. The maximum Gasteiger partial charge on any atom is 0.228 e. The number of amides is 1. The van der Waals surface area contributed by atoms with Crippen molar-refractivity contribution in [2.75, 3.05) is 32.0 Å². The molecule has 1 aromatic carbocycles. The van der Waals surface area contributed by atoms with E-state index in [-0.39, 0.29) is 17.6 Å². The van der Waals surface area contributed by atoms with Crippen molar-refractivity contribution in [3.8, 4) is 0 Å². The van der Waals surface area contributed by atoms with Crippen LogP contribution >= 0.6 is 0 Å². The van der Waals surface area contributed by atoms with Crippen LogP contribution in [-0.4, -0.2) is 58.2 Å². The normalized spacial score (nSPS) is 23.4. The summed E-state index contributed by atoms with van der Waals surface area (Å²) in [6.45, 7) is 9.15. The van der Waals surface area contributed by atoms with Crippen molar-refractivity contribution in [3.05, 3.63) is 47.5 Å². The average molecular weight is 428 g/mol. The van der Waals surface area contributed by atoms with Crippen molar-refractivity contribution in [2.24, 2.45) is 11.8 Å². The monoisotopic (exact) mass is 427 g/mol. The second-order valence-electron chi connectivity index (χ2n) is 9.12. The zero-order valence-corrected chi connectivity index (χ0v) is 18.9. The molecule has 2 atom stereocenters. The molecule has 2 fully saturated rings. The summed E-state index contributed by atoms with van der Waals surface area (Å²) in [5, 5.41) is 7.43. The molecule has 7 heteroatoms. The Morgan fingerprint density at radius 1 is 1.23 bits per heavy atom. The molecule has 0 aliphatic carbocycles. The number of carbonyl (C=O) groups excluding carboxylic acids is 1. The molecular formula is C24H34FN5O. The lowest BCUT2D eigenvalue weighted by molar-refractivity contribution is -0.119. The predicted octanol–water partition coefficient (Wildman–Crippen LogP) is 3.52. The number of piperidine rings is 1. The van der Waals surface area contributed by atoms with Crippen LogP contribution in [0.4, 0.5) is 10.1 Å². The Morgan fingerprint density at radius 3 is 2.58 bits per heavy atom. The summed E-state index contributed by atoms with van der Waals surface area (Å²) in [6.07, 6.45) is 5.25. The van der Waals surface area contributed by atoms with Crippen LogP contribution in [0.2, 0.25) is 0 Å². The molecular weight excluding hydrogens is 393 g/mol. The Labute approximate surface area is 184 Å². The van der Waals surface area contributed by atoms with Crippen LogP contribution in [0.1, 0.15) is 37.4 Å². The molecule has 0 saturated carbocycles. The number of benzene rings is 1. The van der Waals surface area contributed by atoms with E-state index in [4.69, 9.17) is 0 Å². The molecule has 2 aliphatic heterocycles. The molecule has 1 aromatic heterocycles. The molecule has 2 saturated heterocycles. The second kappa shape index (κ2) is 9.49. The van der Waals surface area contributed by atoms with Gasteiger partial charge in [-0.25, -0.2) is 4.39 Å². The summed E-state index contributed by atoms with van der Waals surface area (Å²) in [5.41, 5.74) is 3.26. The largest absolute Gasteiger partial charge is 0.326 e. The number of likely N-dealkylation sites (tertiary alicyclic amines) is 2. The highest BCUT2D eigenvalue weighted by molar-refractivity contribution is 5.92. The summed E-state index contributed by atoms with van der Waals surface area (Å²) < 4.78 is 15.2. The minimum absolute atomic E-state index is 0.0133. The molecule has 6 nitrogen and oxygen atoms in total. The van der Waals surface area contributed by atoms with Gasteiger partial charge >= 0.3 is 0 Å². The molecule has 31 heavy (non-hydrogen) atoms. The van der Waals surface area contributed by atoms with Gasteiger partial charge in [0.05, 0.1) is 12.1 Å². The first-order chi connectivity index (χ1) is 14.9. The van der Waals surface area contributed by atoms with Crippen LogP contribution in [0, 0.1) is 24.6 Å². The molecule has 0 bridgehead atoms. The van der Waals surface area contributed by atoms with Gasteiger partial charge in [-0.05, 0) is 83.4 Å². The fraction of sp³-hybridized carbons (Fsp3) is 0.583. The van der Waals surface area contributed by atoms with Gasteiger partial charge in [-0.2, -0.15) is 5.10 Å². The van der Waals surface area contributed by atoms with Crippen molar-refractivity contribution < 1.29 is 9.18 Å². The summed E-state index contributed by atoms with van der Waals surface area (Å²) >= 11 is 0. The molecule has 2 aliphatic rings. The number of rotatable bonds is 6. The molecule has 4 rings (SSSR count). The second-order valence-corrected chi connectivity index (χ2v) is 9.12. The molecule has 2 aromatic rings. The number of carbonyl (C=O) groups is 1. The van der Waals surface area contributed by atoms with Crippen LogP contribution in [-0.2, 0) is 17.9 Å². The smallest absolute Gasteiger partial charge is 0.228 e. The van der Waals surface area contributed by atoms with E-state index in [2.05, 4.69) is 45.8 Å². The van der Waals surface area contributed by atoms with Gasteiger partial charge in [0.1, 0.15) is 5.82 Å². The van der Waals surface area contributed by atoms with Crippen LogP contribution in [0.3, 0.4) is 0 Å². The SMILES string of the molecule is CCn1ncc(CN2CCC([C@@H]3C[C@H](C(=O)Nc4ccc(F)cc4)CN3C)CC2)c1C. The van der Waals surface area contributed by atoms with Gasteiger partial charge in [0.2, 0.25) is 5.91 Å². The third-order valence-corrected chi connectivity index (χ3v) is 7.16. The third kappa shape index (κ3) is 4.99. The molecule has 0 spiro atoms. The summed E-state index contributed by atoms with van der Waals surface area (Å²) in [6, 6.07) is 6.44. The minimum Gasteiger partial charge on any atom is -0.326 e. The van der Waals surface area contributed by atoms with E-state index in [1.165, 1.54) is 36.2 Å². The Kier molecular flexibility index (Phi) is 6.72. The Balaban J connectivity index is 1.28. The quantitative estimate of drug-likeness (QED) is 0.766. The van der Waals surface area contributed by atoms with Crippen molar-refractivity contribution in [2.45, 2.75) is 52.2 Å². The summed E-state index contributed by atoms with van der Waals surface area (Å²) in [5.74, 6) is 0.367. The number of halogens is 1. The Morgan fingerprint density at radius 2 is 1.94 bits per heavy atom. The van der Waals surface area contributed by atoms with Gasteiger partial charge in [0.15, 0.2) is 0 Å². The van der Waals surface area contributed by atoms with E-state index in [9.17, 15) is 9.18 Å². The van der Waals surface area contributed by atoms with Crippen LogP contribution in [0.25, 0.3) is 0 Å². The van der Waals surface area contributed by atoms with Crippen LogP contribution in [0.15, 0.2) is 30.5 Å². The van der Waals surface area contributed by atoms with Gasteiger partial charge in [-0.3, -0.25) is 14.4 Å². The van der Waals surface area contributed by atoms with E-state index in [1.807, 2.05) is 6.20 Å². The van der Waals surface area contributed by atoms with E-state index in [0.717, 1.165) is 39.1 Å². The molecule has 168 valence electrons. The zero-order chi connectivity index (χ0) is 22.0. The Hall–Kier alpha value is -2.25. The van der Waals surface area contributed by atoms with Crippen LogP contribution in [0.5, 0.6) is 0 Å². The fourth-order valence-electron chi connectivity index (χ4n) is 5.24. The lowest BCUT2D eigenvalue weighted by Crippen LogP contribution is -2.41. The highest BCUT2D eigenvalue weighted by atomic mass is 19.1. The maximum atomic E-state index is 13.1. The molecule has 1 amide bonds. The van der Waals surface area contributed by atoms with Gasteiger partial charge < -0.3 is 10.2 Å². The van der Waals surface area contributed by atoms with Crippen LogP contribution < -0.4 is 5.32 Å². The van der Waals surface area contributed by atoms with Gasteiger partial charge in [-0.1, -0.05) is 0 Å². The molecule has 1 N–H and O–H groups in total. The lowest BCUT2D eigenvalue weighted by atomic mass is 9.86. The first-order valence-electron chi connectivity index (χ1n) is 11.4. The standard InChI is InChI=1S/C24H34FN5O/c1-4-30-17(2)20(14-26-30)16-29-11-9-18(10-12-29)23-13-19(15-28(23)3)24(31)27-22-7-5-21(25)6-8-22/h5-8,14,18-19,23H,4,9-13,15-16H2,1-3H3,(H,27,31)/t19-,23-/m0/s1. The third-order valence-electron chi connectivity index (χ3n) is 7.16. The van der Waals surface area contributed by atoms with E-state index in [0.29, 0.717) is 17.6 Å². The first kappa shape index (κ1) is 22.0. The predicted molar refractivity (Wildman–Crippen MR) is 120 cm³/mol. The lowest BCUT2D eigenvalue weighted by Gasteiger charge is -2.37. The molecule has 0 unspecified atom stereocenters. The number of anilines is 1. The van der Waals surface area contributed by atoms with Crippen molar-refractivity contribution in [3.63, 3.8) is 0 Å². The number of aromatic nitrogens is 2. The summed E-state index contributed by atoms with van der Waals surface area (Å²) in [7, 11) is 2.14. The number of aryl methyl sites for hydroxylation is 1. The number of nitrogens with zero attached hydrogens (tertiary/aromatic N) is 4. The van der Waals surface area contributed by atoms with E-state index >= 15 is 0 Å².